The number of amides is 1. The van der Waals surface area contributed by atoms with E-state index in [4.69, 9.17) is 0 Å². The summed E-state index contributed by atoms with van der Waals surface area (Å²) in [5.41, 5.74) is 0. The van der Waals surface area contributed by atoms with Gasteiger partial charge >= 0.3 is 5.97 Å². The predicted octanol–water partition coefficient (Wildman–Crippen LogP) is 1.39. The van der Waals surface area contributed by atoms with E-state index in [2.05, 4.69) is 0 Å². The van der Waals surface area contributed by atoms with E-state index in [9.17, 15) is 23.1 Å². The highest BCUT2D eigenvalue weighted by Crippen LogP contribution is 2.32. The molecule has 0 radical (unpaired) electrons. The maximum Gasteiger partial charge on any atom is 0.308 e. The second-order valence-electron chi connectivity index (χ2n) is 6.80. The zero-order chi connectivity index (χ0) is 18.4. The third kappa shape index (κ3) is 3.32. The van der Waals surface area contributed by atoms with Gasteiger partial charge < -0.3 is 10.0 Å². The molecule has 7 nitrogen and oxygen atoms in total. The molecule has 138 valence electrons. The van der Waals surface area contributed by atoms with Gasteiger partial charge in [0, 0.05) is 24.5 Å². The summed E-state index contributed by atoms with van der Waals surface area (Å²) in [6.07, 6.45) is 1.11. The lowest BCUT2D eigenvalue weighted by atomic mass is 9.99. The van der Waals surface area contributed by atoms with Crippen molar-refractivity contribution in [2.24, 2.45) is 11.8 Å². The average Bonchev–Trinajstić information content (AvgIpc) is 3.25. The predicted molar refractivity (Wildman–Crippen MR) is 92.8 cm³/mol. The first-order valence-electron chi connectivity index (χ1n) is 8.31. The first kappa shape index (κ1) is 18.3. The highest BCUT2D eigenvalue weighted by atomic mass is 32.2. The average molecular weight is 386 g/mol. The Bertz CT molecular complexity index is 788. The van der Waals surface area contributed by atoms with Crippen LogP contribution in [0.4, 0.5) is 0 Å². The molecule has 3 heterocycles. The van der Waals surface area contributed by atoms with E-state index in [1.54, 1.807) is 12.1 Å². The molecular formula is C16H22N2O5S2. The number of aliphatic carboxylic acids is 1. The maximum absolute atomic E-state index is 12.9. The molecule has 2 aliphatic heterocycles. The number of nitrogens with zero attached hydrogens (tertiary/aromatic N) is 2. The minimum absolute atomic E-state index is 0.132. The molecule has 0 bridgehead atoms. The van der Waals surface area contributed by atoms with Crippen LogP contribution in [0.2, 0.25) is 0 Å². The molecule has 0 aliphatic carbocycles. The standard InChI is InChI=1S/C16H22N2O5S2/c1-10-8-17(9-12(10)16(20)21)15(19)13-4-3-7-18(13)25(22,23)14-6-5-11(2)24-14/h5-6,10,12-13H,3-4,7-9H2,1-2H3,(H,20,21)/t10-,12-,13?/m1/s1. The van der Waals surface area contributed by atoms with Crippen molar-refractivity contribution in [2.75, 3.05) is 19.6 Å². The monoisotopic (exact) mass is 386 g/mol. The highest BCUT2D eigenvalue weighted by Gasteiger charge is 2.45. The number of carbonyl (C=O) groups is 2. The first-order valence-corrected chi connectivity index (χ1v) is 10.6. The van der Waals surface area contributed by atoms with Gasteiger partial charge in [-0.05, 0) is 37.8 Å². The van der Waals surface area contributed by atoms with Gasteiger partial charge in [-0.1, -0.05) is 6.92 Å². The molecule has 2 fully saturated rings. The molecule has 25 heavy (non-hydrogen) atoms. The molecule has 1 amide bonds. The van der Waals surface area contributed by atoms with Crippen molar-refractivity contribution in [3.8, 4) is 0 Å². The van der Waals surface area contributed by atoms with Crippen molar-refractivity contribution in [1.82, 2.24) is 9.21 Å². The van der Waals surface area contributed by atoms with Crippen LogP contribution in [-0.4, -0.2) is 60.3 Å². The van der Waals surface area contributed by atoms with Crippen molar-refractivity contribution in [3.05, 3.63) is 17.0 Å². The minimum atomic E-state index is -3.70. The van der Waals surface area contributed by atoms with Crippen molar-refractivity contribution >= 4 is 33.2 Å². The molecule has 2 saturated heterocycles. The number of aryl methyl sites for hydroxylation is 1. The number of thiophene rings is 1. The summed E-state index contributed by atoms with van der Waals surface area (Å²) in [4.78, 5) is 26.6. The molecular weight excluding hydrogens is 364 g/mol. The third-order valence-corrected chi connectivity index (χ3v) is 8.38. The quantitative estimate of drug-likeness (QED) is 0.844. The first-order chi connectivity index (χ1) is 11.7. The smallest absolute Gasteiger partial charge is 0.308 e. The van der Waals surface area contributed by atoms with Crippen LogP contribution in [0.5, 0.6) is 0 Å². The lowest BCUT2D eigenvalue weighted by Crippen LogP contribution is -2.47. The van der Waals surface area contributed by atoms with E-state index < -0.39 is 28.0 Å². The van der Waals surface area contributed by atoms with E-state index in [0.717, 1.165) is 4.88 Å². The number of hydrogen-bond acceptors (Lipinski definition) is 5. The van der Waals surface area contributed by atoms with Crippen molar-refractivity contribution in [3.63, 3.8) is 0 Å². The fourth-order valence-corrected chi connectivity index (χ4v) is 6.68. The molecule has 0 aromatic carbocycles. The number of carboxylic acids is 1. The van der Waals surface area contributed by atoms with E-state index in [0.29, 0.717) is 25.9 Å². The Balaban J connectivity index is 1.80. The van der Waals surface area contributed by atoms with Crippen LogP contribution in [0.25, 0.3) is 0 Å². The van der Waals surface area contributed by atoms with Gasteiger partial charge in [0.15, 0.2) is 0 Å². The Labute approximate surface area is 151 Å². The Morgan fingerprint density at radius 2 is 2.00 bits per heavy atom. The van der Waals surface area contributed by atoms with E-state index >= 15 is 0 Å². The molecule has 3 rings (SSSR count). The zero-order valence-corrected chi connectivity index (χ0v) is 15.8. The van der Waals surface area contributed by atoms with Crippen LogP contribution in [0.1, 0.15) is 24.6 Å². The second kappa shape index (κ2) is 6.69. The molecule has 1 aromatic heterocycles. The Hall–Kier alpha value is -1.45. The van der Waals surface area contributed by atoms with Crippen molar-refractivity contribution in [1.29, 1.82) is 0 Å². The summed E-state index contributed by atoms with van der Waals surface area (Å²) >= 11 is 1.20. The van der Waals surface area contributed by atoms with Crippen LogP contribution in [0.15, 0.2) is 16.3 Å². The van der Waals surface area contributed by atoms with Gasteiger partial charge in [0.2, 0.25) is 5.91 Å². The van der Waals surface area contributed by atoms with Crippen LogP contribution < -0.4 is 0 Å². The van der Waals surface area contributed by atoms with Gasteiger partial charge in [-0.3, -0.25) is 9.59 Å². The van der Waals surface area contributed by atoms with Gasteiger partial charge in [0.1, 0.15) is 10.3 Å². The molecule has 0 saturated carbocycles. The summed E-state index contributed by atoms with van der Waals surface area (Å²) in [5.74, 6) is -1.90. The lowest BCUT2D eigenvalue weighted by Gasteiger charge is -2.27. The number of carboxylic acid groups (broad SMARTS) is 1. The topological polar surface area (TPSA) is 95.0 Å². The summed E-state index contributed by atoms with van der Waals surface area (Å²) in [5, 5.41) is 9.24. The Morgan fingerprint density at radius 1 is 1.28 bits per heavy atom. The summed E-state index contributed by atoms with van der Waals surface area (Å²) in [6, 6.07) is 2.60. The number of hydrogen-bond donors (Lipinski definition) is 1. The van der Waals surface area contributed by atoms with Crippen LogP contribution in [0.3, 0.4) is 0 Å². The SMILES string of the molecule is Cc1ccc(S(=O)(=O)N2CCCC2C(=O)N2C[C@@H](C)[C@H](C(=O)O)C2)s1. The minimum Gasteiger partial charge on any atom is -0.481 e. The van der Waals surface area contributed by atoms with Gasteiger partial charge in [-0.15, -0.1) is 11.3 Å². The fraction of sp³-hybridized carbons (Fsp3) is 0.625. The molecule has 1 N–H and O–H groups in total. The molecule has 1 aromatic rings. The molecule has 1 unspecified atom stereocenters. The normalized spacial score (nSPS) is 27.8. The van der Waals surface area contributed by atoms with Crippen LogP contribution in [0, 0.1) is 18.8 Å². The Kier molecular flexibility index (Phi) is 4.91. The van der Waals surface area contributed by atoms with Gasteiger partial charge in [0.25, 0.3) is 10.0 Å². The molecule has 9 heteroatoms. The summed E-state index contributed by atoms with van der Waals surface area (Å²) < 4.78 is 27.3. The fourth-order valence-electron chi connectivity index (χ4n) is 3.62. The lowest BCUT2D eigenvalue weighted by molar-refractivity contribution is -0.142. The molecule has 0 spiro atoms. The maximum atomic E-state index is 12.9. The zero-order valence-electron chi connectivity index (χ0n) is 14.2. The van der Waals surface area contributed by atoms with E-state index in [1.165, 1.54) is 20.5 Å². The largest absolute Gasteiger partial charge is 0.481 e. The van der Waals surface area contributed by atoms with Gasteiger partial charge in [-0.25, -0.2) is 8.42 Å². The van der Waals surface area contributed by atoms with E-state index in [-0.39, 0.29) is 22.6 Å². The number of sulfonamides is 1. The molecule has 2 aliphatic rings. The summed E-state index contributed by atoms with van der Waals surface area (Å²) in [6.45, 7) is 4.48. The Morgan fingerprint density at radius 3 is 2.56 bits per heavy atom. The van der Waals surface area contributed by atoms with E-state index in [1.807, 2.05) is 13.8 Å². The molecule has 3 atom stereocenters. The number of carbonyl (C=O) groups excluding carboxylic acids is 1. The number of likely N-dealkylation sites (tertiary alicyclic amines) is 1. The van der Waals surface area contributed by atoms with Gasteiger partial charge in [0.05, 0.1) is 5.92 Å². The van der Waals surface area contributed by atoms with Crippen LogP contribution >= 0.6 is 11.3 Å². The van der Waals surface area contributed by atoms with Crippen molar-refractivity contribution < 1.29 is 23.1 Å². The van der Waals surface area contributed by atoms with Crippen LogP contribution in [-0.2, 0) is 19.6 Å². The van der Waals surface area contributed by atoms with Gasteiger partial charge in [-0.2, -0.15) is 4.31 Å². The second-order valence-corrected chi connectivity index (χ2v) is 10.2. The highest BCUT2D eigenvalue weighted by molar-refractivity contribution is 7.91. The van der Waals surface area contributed by atoms with Crippen molar-refractivity contribution in [2.45, 2.75) is 36.9 Å². The number of rotatable bonds is 4. The third-order valence-electron chi connectivity index (χ3n) is 5.01. The summed E-state index contributed by atoms with van der Waals surface area (Å²) in [7, 11) is -3.70.